The van der Waals surface area contributed by atoms with Crippen LogP contribution in [0, 0.1) is 19.8 Å². The minimum Gasteiger partial charge on any atom is -0.318 e. The maximum atomic E-state index is 6.43. The molecule has 0 aromatic carbocycles. The lowest BCUT2D eigenvalue weighted by molar-refractivity contribution is -0.690. The van der Waals surface area contributed by atoms with E-state index < -0.39 is 0 Å². The first-order valence-corrected chi connectivity index (χ1v) is 8.11. The predicted octanol–water partition coefficient (Wildman–Crippen LogP) is 2.13. The molecule has 0 bridgehead atoms. The highest BCUT2D eigenvalue weighted by atomic mass is 15.1. The first kappa shape index (κ1) is 16.7. The van der Waals surface area contributed by atoms with Crippen LogP contribution in [-0.2, 0) is 13.1 Å². The van der Waals surface area contributed by atoms with Crippen molar-refractivity contribution in [3.8, 4) is 0 Å². The van der Waals surface area contributed by atoms with Crippen LogP contribution in [0.3, 0.4) is 0 Å². The number of hydrogen-bond acceptors (Lipinski definition) is 3. The Labute approximate surface area is 133 Å². The smallest absolute Gasteiger partial charge is 0.232 e. The molecule has 0 saturated heterocycles. The van der Waals surface area contributed by atoms with Gasteiger partial charge in [-0.25, -0.2) is 4.57 Å². The summed E-state index contributed by atoms with van der Waals surface area (Å²) in [4.78, 5) is 6.92. The number of nitrogens with two attached hydrogens (primary N) is 1. The van der Waals surface area contributed by atoms with Gasteiger partial charge >= 0.3 is 0 Å². The molecule has 0 aliphatic rings. The molecule has 0 aliphatic heterocycles. The molecular formula is C17H30N5+. The highest BCUT2D eigenvalue weighted by molar-refractivity contribution is 5.89. The van der Waals surface area contributed by atoms with Crippen LogP contribution in [0.2, 0.25) is 0 Å². The lowest BCUT2D eigenvalue weighted by Gasteiger charge is -2.11. The van der Waals surface area contributed by atoms with Crippen LogP contribution < -0.4 is 10.3 Å². The van der Waals surface area contributed by atoms with Crippen molar-refractivity contribution in [1.29, 1.82) is 0 Å². The number of aryl methyl sites for hydroxylation is 2. The second-order valence-electron chi connectivity index (χ2n) is 6.89. The fourth-order valence-corrected chi connectivity index (χ4v) is 2.97. The lowest BCUT2D eigenvalue weighted by atomic mass is 10.2. The molecule has 0 unspecified atom stereocenters. The van der Waals surface area contributed by atoms with Gasteiger partial charge in [0.15, 0.2) is 0 Å². The largest absolute Gasteiger partial charge is 0.318 e. The van der Waals surface area contributed by atoms with Crippen LogP contribution in [0.25, 0.3) is 11.0 Å². The van der Waals surface area contributed by atoms with Crippen LogP contribution in [0.5, 0.6) is 0 Å². The van der Waals surface area contributed by atoms with Crippen molar-refractivity contribution < 1.29 is 4.57 Å². The van der Waals surface area contributed by atoms with Gasteiger partial charge in [0, 0.05) is 12.2 Å². The molecule has 122 valence electrons. The van der Waals surface area contributed by atoms with Gasteiger partial charge in [0.05, 0.1) is 6.54 Å². The van der Waals surface area contributed by atoms with E-state index in [0.29, 0.717) is 5.92 Å². The molecule has 0 spiro atoms. The van der Waals surface area contributed by atoms with E-state index in [1.54, 1.807) is 0 Å². The van der Waals surface area contributed by atoms with Crippen molar-refractivity contribution in [2.45, 2.75) is 47.2 Å². The molecule has 5 nitrogen and oxygen atoms in total. The summed E-state index contributed by atoms with van der Waals surface area (Å²) in [5.41, 5.74) is 9.97. The van der Waals surface area contributed by atoms with E-state index in [1.807, 2.05) is 6.33 Å². The predicted molar refractivity (Wildman–Crippen MR) is 91.8 cm³/mol. The summed E-state index contributed by atoms with van der Waals surface area (Å²) in [6.45, 7) is 11.7. The second-order valence-corrected chi connectivity index (χ2v) is 6.89. The molecular weight excluding hydrogens is 274 g/mol. The average molecular weight is 304 g/mol. The third-order valence-electron chi connectivity index (χ3n) is 4.24. The quantitative estimate of drug-likeness (QED) is 0.832. The Morgan fingerprint density at radius 1 is 1.32 bits per heavy atom. The summed E-state index contributed by atoms with van der Waals surface area (Å²) in [7, 11) is 4.22. The number of nitrogens with zero attached hydrogens (tertiary/aromatic N) is 4. The zero-order valence-electron chi connectivity index (χ0n) is 14.8. The number of anilines is 1. The summed E-state index contributed by atoms with van der Waals surface area (Å²) < 4.78 is 4.38. The Balaban J connectivity index is 2.43. The molecule has 0 atom stereocenters. The molecule has 0 fully saturated rings. The monoisotopic (exact) mass is 304 g/mol. The Kier molecular flexibility index (Phi) is 5.06. The van der Waals surface area contributed by atoms with Crippen LogP contribution in [0.15, 0.2) is 6.33 Å². The van der Waals surface area contributed by atoms with E-state index in [-0.39, 0.29) is 0 Å². The first-order valence-electron chi connectivity index (χ1n) is 8.11. The van der Waals surface area contributed by atoms with Crippen LogP contribution in [0.4, 0.5) is 5.82 Å². The average Bonchev–Trinajstić information content (AvgIpc) is 2.66. The molecule has 0 saturated carbocycles. The number of nitrogen functional groups attached to an aromatic ring is 1. The molecule has 0 amide bonds. The van der Waals surface area contributed by atoms with Gasteiger partial charge in [-0.3, -0.25) is 0 Å². The Morgan fingerprint density at radius 3 is 2.59 bits per heavy atom. The fraction of sp³-hybridized carbons (Fsp3) is 0.647. The number of rotatable bonds is 6. The van der Waals surface area contributed by atoms with Gasteiger partial charge in [-0.15, -0.1) is 0 Å². The second kappa shape index (κ2) is 6.65. The van der Waals surface area contributed by atoms with Crippen molar-refractivity contribution in [3.05, 3.63) is 17.6 Å². The Hall–Kier alpha value is -1.62. The topological polar surface area (TPSA) is 51.0 Å². The molecule has 22 heavy (non-hydrogen) atoms. The van der Waals surface area contributed by atoms with Gasteiger partial charge in [-0.1, -0.05) is 18.8 Å². The molecule has 2 aromatic heterocycles. The van der Waals surface area contributed by atoms with Crippen molar-refractivity contribution >= 4 is 16.9 Å². The summed E-state index contributed by atoms with van der Waals surface area (Å²) in [5, 5.41) is 1.12. The zero-order chi connectivity index (χ0) is 16.4. The molecule has 0 aliphatic carbocycles. The third kappa shape index (κ3) is 3.24. The van der Waals surface area contributed by atoms with Gasteiger partial charge < -0.3 is 15.2 Å². The van der Waals surface area contributed by atoms with Gasteiger partial charge in [-0.05, 0) is 52.4 Å². The fourth-order valence-electron chi connectivity index (χ4n) is 2.97. The van der Waals surface area contributed by atoms with E-state index in [9.17, 15) is 0 Å². The van der Waals surface area contributed by atoms with Gasteiger partial charge in [0.1, 0.15) is 5.39 Å². The Morgan fingerprint density at radius 2 is 2.00 bits per heavy atom. The van der Waals surface area contributed by atoms with E-state index in [1.165, 1.54) is 11.3 Å². The molecule has 2 N–H and O–H groups in total. The summed E-state index contributed by atoms with van der Waals surface area (Å²) >= 11 is 0. The van der Waals surface area contributed by atoms with E-state index in [4.69, 9.17) is 10.7 Å². The maximum Gasteiger partial charge on any atom is 0.232 e. The summed E-state index contributed by atoms with van der Waals surface area (Å²) in [6.07, 6.45) is 3.00. The number of hydrogen-bond donors (Lipinski definition) is 1. The lowest BCUT2D eigenvalue weighted by Crippen LogP contribution is -2.40. The normalized spacial score (nSPS) is 12.0. The molecule has 2 rings (SSSR count). The molecule has 2 aromatic rings. The molecule has 0 radical (unpaired) electrons. The van der Waals surface area contributed by atoms with Gasteiger partial charge in [0.25, 0.3) is 0 Å². The van der Waals surface area contributed by atoms with Gasteiger partial charge in [-0.2, -0.15) is 0 Å². The zero-order valence-corrected chi connectivity index (χ0v) is 14.8. The van der Waals surface area contributed by atoms with E-state index in [0.717, 1.165) is 42.9 Å². The van der Waals surface area contributed by atoms with Crippen molar-refractivity contribution in [2.75, 3.05) is 26.4 Å². The first-order chi connectivity index (χ1) is 10.3. The van der Waals surface area contributed by atoms with Crippen LogP contribution in [-0.4, -0.2) is 35.1 Å². The van der Waals surface area contributed by atoms with Crippen molar-refractivity contribution in [3.63, 3.8) is 0 Å². The Bertz CT molecular complexity index is 655. The van der Waals surface area contributed by atoms with Crippen LogP contribution >= 0.6 is 0 Å². The SMILES string of the molecule is Cc1c(C)n(CCCN(C)C)c2nc[n+](CC(C)C)c(N)c12. The maximum absolute atomic E-state index is 6.43. The minimum absolute atomic E-state index is 0.551. The van der Waals surface area contributed by atoms with Gasteiger partial charge in [0.2, 0.25) is 17.8 Å². The van der Waals surface area contributed by atoms with E-state index in [2.05, 4.69) is 55.8 Å². The van der Waals surface area contributed by atoms with Crippen LogP contribution in [0.1, 0.15) is 31.5 Å². The number of aromatic nitrogens is 3. The van der Waals surface area contributed by atoms with E-state index >= 15 is 0 Å². The molecule has 5 heteroatoms. The van der Waals surface area contributed by atoms with Crippen molar-refractivity contribution in [2.24, 2.45) is 5.92 Å². The standard InChI is InChI=1S/C17H29N5/c1-12(2)10-21-11-19-17-15(16(21)18)13(3)14(4)22(17)9-7-8-20(5)6/h11-12,18H,7-10H2,1-6H3/p+1. The number of fused-ring (bicyclic) bond motifs is 1. The molecule has 2 heterocycles. The van der Waals surface area contributed by atoms with Crippen molar-refractivity contribution in [1.82, 2.24) is 14.5 Å². The third-order valence-corrected chi connectivity index (χ3v) is 4.24. The highest BCUT2D eigenvalue weighted by Crippen LogP contribution is 2.26. The minimum atomic E-state index is 0.551. The summed E-state index contributed by atoms with van der Waals surface area (Å²) in [5.74, 6) is 1.39. The summed E-state index contributed by atoms with van der Waals surface area (Å²) in [6, 6.07) is 0. The highest BCUT2D eigenvalue weighted by Gasteiger charge is 2.21.